The number of nitrogens with zero attached hydrogens (tertiary/aromatic N) is 1. The molecule has 0 aromatic heterocycles. The van der Waals surface area contributed by atoms with Crippen molar-refractivity contribution in [2.45, 2.75) is 45.5 Å². The first-order valence-corrected chi connectivity index (χ1v) is 6.96. The van der Waals surface area contributed by atoms with E-state index >= 15 is 0 Å². The predicted molar refractivity (Wildman–Crippen MR) is 74.9 cm³/mol. The Bertz CT molecular complexity index is 469. The average molecular weight is 286 g/mol. The molecular weight excluding hydrogens is 265 g/mol. The molecule has 0 aliphatic carbocycles. The highest BCUT2D eigenvalue weighted by atomic mass is 19.4. The quantitative estimate of drug-likeness (QED) is 0.906. The van der Waals surface area contributed by atoms with Gasteiger partial charge in [0, 0.05) is 30.9 Å². The van der Waals surface area contributed by atoms with Crippen molar-refractivity contribution in [2.75, 3.05) is 18.4 Å². The molecule has 1 aliphatic heterocycles. The van der Waals surface area contributed by atoms with Crippen molar-refractivity contribution in [1.29, 1.82) is 0 Å². The van der Waals surface area contributed by atoms with Crippen molar-refractivity contribution in [3.63, 3.8) is 0 Å². The smallest absolute Gasteiger partial charge is 0.381 e. The lowest BCUT2D eigenvalue weighted by Gasteiger charge is -2.21. The molecule has 20 heavy (non-hydrogen) atoms. The van der Waals surface area contributed by atoms with Crippen molar-refractivity contribution in [1.82, 2.24) is 4.90 Å². The van der Waals surface area contributed by atoms with Crippen LogP contribution in [0.15, 0.2) is 18.2 Å². The number of benzene rings is 1. The molecule has 1 saturated heterocycles. The number of rotatable bonds is 3. The molecule has 0 radical (unpaired) electrons. The molecule has 5 heteroatoms. The number of anilines is 1. The molecule has 2 nitrogen and oxygen atoms in total. The lowest BCUT2D eigenvalue weighted by molar-refractivity contribution is -0.137. The van der Waals surface area contributed by atoms with E-state index in [4.69, 9.17) is 0 Å². The summed E-state index contributed by atoms with van der Waals surface area (Å²) in [5, 5.41) is 3.26. The number of alkyl halides is 3. The number of aryl methyl sites for hydroxylation is 1. The molecule has 2 rings (SSSR count). The van der Waals surface area contributed by atoms with Crippen LogP contribution in [0.3, 0.4) is 0 Å². The standard InChI is InChI=1S/C15H21F3N2/c1-10(2)20-7-6-13(9-20)19-14-8-12(15(16,17)18)5-4-11(14)3/h4-5,8,10,13,19H,6-7,9H2,1-3H3. The van der Waals surface area contributed by atoms with Gasteiger partial charge in [-0.15, -0.1) is 0 Å². The van der Waals surface area contributed by atoms with Gasteiger partial charge in [-0.05, 0) is 44.9 Å². The Labute approximate surface area is 118 Å². The molecule has 0 amide bonds. The molecule has 1 aromatic carbocycles. The maximum Gasteiger partial charge on any atom is 0.416 e. The number of likely N-dealkylation sites (tertiary alicyclic amines) is 1. The summed E-state index contributed by atoms with van der Waals surface area (Å²) in [7, 11) is 0. The van der Waals surface area contributed by atoms with Gasteiger partial charge in [0.1, 0.15) is 0 Å². The summed E-state index contributed by atoms with van der Waals surface area (Å²) < 4.78 is 38.2. The molecule has 0 saturated carbocycles. The first kappa shape index (κ1) is 15.2. The van der Waals surface area contributed by atoms with E-state index in [1.165, 1.54) is 12.1 Å². The minimum absolute atomic E-state index is 0.222. The van der Waals surface area contributed by atoms with Gasteiger partial charge in [-0.25, -0.2) is 0 Å². The summed E-state index contributed by atoms with van der Waals surface area (Å²) in [6.07, 6.45) is -3.32. The van der Waals surface area contributed by atoms with Crippen LogP contribution in [0.2, 0.25) is 0 Å². The Hall–Kier alpha value is -1.23. The zero-order valence-corrected chi connectivity index (χ0v) is 12.1. The number of hydrogen-bond donors (Lipinski definition) is 1. The van der Waals surface area contributed by atoms with Crippen LogP contribution in [0.5, 0.6) is 0 Å². The van der Waals surface area contributed by atoms with Crippen molar-refractivity contribution in [3.05, 3.63) is 29.3 Å². The van der Waals surface area contributed by atoms with Crippen LogP contribution in [0, 0.1) is 6.92 Å². The van der Waals surface area contributed by atoms with Crippen LogP contribution in [0.4, 0.5) is 18.9 Å². The Morgan fingerprint density at radius 2 is 2.00 bits per heavy atom. The molecule has 1 aromatic rings. The summed E-state index contributed by atoms with van der Waals surface area (Å²) in [5.41, 5.74) is 0.848. The molecule has 1 unspecified atom stereocenters. The van der Waals surface area contributed by atoms with Crippen molar-refractivity contribution in [2.24, 2.45) is 0 Å². The third-order valence-electron chi connectivity index (χ3n) is 3.87. The maximum absolute atomic E-state index is 12.7. The Kier molecular flexibility index (Phi) is 4.28. The molecule has 112 valence electrons. The fourth-order valence-electron chi connectivity index (χ4n) is 2.55. The molecule has 1 heterocycles. The average Bonchev–Trinajstić information content (AvgIpc) is 2.79. The minimum atomic E-state index is -4.29. The van der Waals surface area contributed by atoms with Gasteiger partial charge >= 0.3 is 6.18 Å². The monoisotopic (exact) mass is 286 g/mol. The highest BCUT2D eigenvalue weighted by Gasteiger charge is 2.31. The third-order valence-corrected chi connectivity index (χ3v) is 3.87. The summed E-state index contributed by atoms with van der Waals surface area (Å²) in [5.74, 6) is 0. The molecule has 1 atom stereocenters. The highest BCUT2D eigenvalue weighted by Crippen LogP contribution is 2.32. The summed E-state index contributed by atoms with van der Waals surface area (Å²) in [6, 6.07) is 4.58. The van der Waals surface area contributed by atoms with Gasteiger partial charge in [-0.3, -0.25) is 4.90 Å². The van der Waals surface area contributed by atoms with E-state index in [0.717, 1.165) is 31.1 Å². The van der Waals surface area contributed by atoms with E-state index in [0.29, 0.717) is 11.7 Å². The summed E-state index contributed by atoms with van der Waals surface area (Å²) in [4.78, 5) is 2.33. The van der Waals surface area contributed by atoms with E-state index in [9.17, 15) is 13.2 Å². The first-order valence-electron chi connectivity index (χ1n) is 6.96. The maximum atomic E-state index is 12.7. The van der Waals surface area contributed by atoms with Crippen LogP contribution in [-0.2, 0) is 6.18 Å². The van der Waals surface area contributed by atoms with E-state index in [-0.39, 0.29) is 6.04 Å². The van der Waals surface area contributed by atoms with Gasteiger partial charge in [-0.2, -0.15) is 13.2 Å². The van der Waals surface area contributed by atoms with Crippen LogP contribution >= 0.6 is 0 Å². The highest BCUT2D eigenvalue weighted by molar-refractivity contribution is 5.54. The van der Waals surface area contributed by atoms with Gasteiger partial charge < -0.3 is 5.32 Å². The van der Waals surface area contributed by atoms with Gasteiger partial charge in [0.15, 0.2) is 0 Å². The van der Waals surface area contributed by atoms with Gasteiger partial charge in [0.05, 0.1) is 5.56 Å². The van der Waals surface area contributed by atoms with Crippen LogP contribution in [0.25, 0.3) is 0 Å². The van der Waals surface area contributed by atoms with Crippen molar-refractivity contribution < 1.29 is 13.2 Å². The van der Waals surface area contributed by atoms with E-state index in [1.807, 2.05) is 6.92 Å². The first-order chi connectivity index (χ1) is 9.27. The molecule has 0 spiro atoms. The van der Waals surface area contributed by atoms with Crippen molar-refractivity contribution in [3.8, 4) is 0 Å². The SMILES string of the molecule is Cc1ccc(C(F)(F)F)cc1NC1CCN(C(C)C)C1. The lowest BCUT2D eigenvalue weighted by atomic mass is 10.1. The molecule has 1 aliphatic rings. The largest absolute Gasteiger partial charge is 0.416 e. The Morgan fingerprint density at radius 1 is 1.30 bits per heavy atom. The number of hydrogen-bond acceptors (Lipinski definition) is 2. The van der Waals surface area contributed by atoms with Gasteiger partial charge in [0.25, 0.3) is 0 Å². The zero-order valence-electron chi connectivity index (χ0n) is 12.1. The van der Waals surface area contributed by atoms with Crippen LogP contribution < -0.4 is 5.32 Å². The van der Waals surface area contributed by atoms with Crippen LogP contribution in [0.1, 0.15) is 31.4 Å². The van der Waals surface area contributed by atoms with Gasteiger partial charge in [-0.1, -0.05) is 6.07 Å². The zero-order chi connectivity index (χ0) is 14.9. The van der Waals surface area contributed by atoms with E-state index < -0.39 is 11.7 Å². The second kappa shape index (κ2) is 5.64. The Balaban J connectivity index is 2.10. The topological polar surface area (TPSA) is 15.3 Å². The molecule has 0 bridgehead atoms. The third kappa shape index (κ3) is 3.45. The van der Waals surface area contributed by atoms with E-state index in [2.05, 4.69) is 24.1 Å². The lowest BCUT2D eigenvalue weighted by Crippen LogP contribution is -2.31. The summed E-state index contributed by atoms with van der Waals surface area (Å²) >= 11 is 0. The minimum Gasteiger partial charge on any atom is -0.381 e. The number of halogens is 3. The molecule has 1 fully saturated rings. The summed E-state index contributed by atoms with van der Waals surface area (Å²) in [6.45, 7) is 7.98. The Morgan fingerprint density at radius 3 is 2.55 bits per heavy atom. The second-order valence-electron chi connectivity index (χ2n) is 5.75. The fraction of sp³-hybridized carbons (Fsp3) is 0.600. The van der Waals surface area contributed by atoms with E-state index in [1.54, 1.807) is 0 Å². The van der Waals surface area contributed by atoms with Crippen molar-refractivity contribution >= 4 is 5.69 Å². The fourth-order valence-corrected chi connectivity index (χ4v) is 2.55. The van der Waals surface area contributed by atoms with Gasteiger partial charge in [0.2, 0.25) is 0 Å². The molecular formula is C15H21F3N2. The second-order valence-corrected chi connectivity index (χ2v) is 5.75. The normalized spacial score (nSPS) is 20.6. The molecule has 1 N–H and O–H groups in total. The van der Waals surface area contributed by atoms with Crippen LogP contribution in [-0.4, -0.2) is 30.1 Å². The number of nitrogens with one attached hydrogen (secondary N) is 1. The predicted octanol–water partition coefficient (Wildman–Crippen LogP) is 3.91.